The highest BCUT2D eigenvalue weighted by molar-refractivity contribution is 5.83. The molecule has 5 nitrogen and oxygen atoms in total. The molecule has 0 amide bonds. The van der Waals surface area contributed by atoms with Crippen LogP contribution in [0, 0.1) is 11.8 Å². The van der Waals surface area contributed by atoms with Crippen molar-refractivity contribution in [1.82, 2.24) is 0 Å². The van der Waals surface area contributed by atoms with Crippen LogP contribution in [0.15, 0.2) is 0 Å². The highest BCUT2D eigenvalue weighted by atomic mass is 16.6. The first kappa shape index (κ1) is 48.0. The summed E-state index contributed by atoms with van der Waals surface area (Å²) in [5, 5.41) is 0. The number of rotatable bonds is 40. The van der Waals surface area contributed by atoms with E-state index in [9.17, 15) is 9.59 Å². The maximum Gasteiger partial charge on any atom is 0.312 e. The zero-order chi connectivity index (χ0) is 37.9. The first-order valence-electron chi connectivity index (χ1n) is 24.2. The third-order valence-electron chi connectivity index (χ3n) is 12.2. The van der Waals surface area contributed by atoms with Crippen LogP contribution in [-0.4, -0.2) is 37.4 Å². The highest BCUT2D eigenvalue weighted by Gasteiger charge is 2.57. The number of fused-ring (bicyclic) bond motifs is 1. The van der Waals surface area contributed by atoms with Gasteiger partial charge in [-0.05, 0) is 25.7 Å². The number of carbonyl (C=O) groups excluding carboxylic acids is 2. The van der Waals surface area contributed by atoms with Crippen LogP contribution in [0.25, 0.3) is 0 Å². The van der Waals surface area contributed by atoms with E-state index in [2.05, 4.69) is 13.8 Å². The van der Waals surface area contributed by atoms with E-state index in [1.54, 1.807) is 0 Å². The third kappa shape index (κ3) is 26.4. The topological polar surface area (TPSA) is 65.1 Å². The van der Waals surface area contributed by atoms with Crippen LogP contribution in [0.3, 0.4) is 0 Å². The predicted octanol–water partition coefficient (Wildman–Crippen LogP) is 14.9. The molecule has 0 radical (unpaired) electrons. The van der Waals surface area contributed by atoms with Gasteiger partial charge in [0.15, 0.2) is 0 Å². The number of hydrogen-bond acceptors (Lipinski definition) is 5. The fourth-order valence-electron chi connectivity index (χ4n) is 8.58. The zero-order valence-corrected chi connectivity index (χ0v) is 35.6. The second-order valence-electron chi connectivity index (χ2n) is 17.2. The van der Waals surface area contributed by atoms with Gasteiger partial charge in [-0.1, -0.05) is 232 Å². The summed E-state index contributed by atoms with van der Waals surface area (Å²) in [6, 6.07) is 0. The molecule has 0 aromatic heterocycles. The minimum absolute atomic E-state index is 0.122. The van der Waals surface area contributed by atoms with Crippen LogP contribution in [0.4, 0.5) is 0 Å². The maximum atomic E-state index is 13.1. The summed E-state index contributed by atoms with van der Waals surface area (Å²) in [6.45, 7) is 5.49. The van der Waals surface area contributed by atoms with E-state index in [4.69, 9.17) is 14.2 Å². The van der Waals surface area contributed by atoms with Crippen LogP contribution in [0.2, 0.25) is 0 Å². The molecule has 1 aliphatic heterocycles. The molecule has 0 spiro atoms. The standard InChI is InChI=1S/C48H90O5/c1-3-5-7-9-11-13-15-17-19-21-23-25-27-29-31-33-35-37-41-51-47(49)43-39-40-44-46(53-44)45(43)48(50)52-42-38-36-34-32-30-28-26-24-22-20-18-16-14-12-10-8-6-4-2/h43-46H,3-42H2,1-2H3. The van der Waals surface area contributed by atoms with Gasteiger partial charge in [0, 0.05) is 0 Å². The molecular weight excluding hydrogens is 657 g/mol. The maximum absolute atomic E-state index is 13.1. The fourth-order valence-corrected chi connectivity index (χ4v) is 8.58. The molecule has 2 rings (SSSR count). The Balaban J connectivity index is 1.37. The molecule has 0 bridgehead atoms. The van der Waals surface area contributed by atoms with Gasteiger partial charge >= 0.3 is 11.9 Å². The Morgan fingerprint density at radius 1 is 0.396 bits per heavy atom. The Labute approximate surface area is 330 Å². The number of unbranched alkanes of at least 4 members (excludes halogenated alkanes) is 34. The molecule has 53 heavy (non-hydrogen) atoms. The molecule has 1 saturated heterocycles. The Hall–Kier alpha value is -1.10. The second-order valence-corrected chi connectivity index (χ2v) is 17.2. The highest BCUT2D eigenvalue weighted by Crippen LogP contribution is 2.45. The van der Waals surface area contributed by atoms with Crippen molar-refractivity contribution in [3.63, 3.8) is 0 Å². The van der Waals surface area contributed by atoms with Crippen molar-refractivity contribution in [2.24, 2.45) is 11.8 Å². The minimum Gasteiger partial charge on any atom is -0.465 e. The summed E-state index contributed by atoms with van der Waals surface area (Å²) in [7, 11) is 0. The van der Waals surface area contributed by atoms with E-state index in [1.165, 1.54) is 205 Å². The van der Waals surface area contributed by atoms with Crippen molar-refractivity contribution in [2.45, 2.75) is 270 Å². The van der Waals surface area contributed by atoms with Crippen LogP contribution in [0.1, 0.15) is 258 Å². The predicted molar refractivity (Wildman–Crippen MR) is 224 cm³/mol. The number of esters is 2. The summed E-state index contributed by atoms with van der Waals surface area (Å²) in [6.07, 6.45) is 49.8. The molecule has 1 heterocycles. The van der Waals surface area contributed by atoms with Gasteiger partial charge < -0.3 is 14.2 Å². The fraction of sp³-hybridized carbons (Fsp3) is 0.958. The monoisotopic (exact) mass is 747 g/mol. The number of ether oxygens (including phenoxy) is 3. The normalized spacial score (nSPS) is 19.3. The SMILES string of the molecule is CCCCCCCCCCCCCCCCCCCCOC(=O)C1CCC2OC2C1C(=O)OCCCCCCCCCCCCCCCCCCCC. The van der Waals surface area contributed by atoms with Gasteiger partial charge in [-0.25, -0.2) is 0 Å². The summed E-state index contributed by atoms with van der Waals surface area (Å²) < 4.78 is 17.2. The van der Waals surface area contributed by atoms with Crippen molar-refractivity contribution in [3.05, 3.63) is 0 Å². The van der Waals surface area contributed by atoms with Gasteiger partial charge in [-0.15, -0.1) is 0 Å². The molecule has 4 atom stereocenters. The Kier molecular flexibility index (Phi) is 32.0. The molecule has 2 aliphatic rings. The lowest BCUT2D eigenvalue weighted by molar-refractivity contribution is -0.162. The van der Waals surface area contributed by atoms with E-state index < -0.39 is 11.8 Å². The lowest BCUT2D eigenvalue weighted by Crippen LogP contribution is -2.39. The number of carbonyl (C=O) groups is 2. The molecule has 312 valence electrons. The van der Waals surface area contributed by atoms with E-state index in [1.807, 2.05) is 0 Å². The van der Waals surface area contributed by atoms with Gasteiger partial charge in [0.05, 0.1) is 37.3 Å². The van der Waals surface area contributed by atoms with E-state index in [0.29, 0.717) is 19.6 Å². The zero-order valence-electron chi connectivity index (χ0n) is 35.6. The average Bonchev–Trinajstić information content (AvgIpc) is 3.96. The molecule has 0 aromatic rings. The average molecular weight is 747 g/mol. The first-order chi connectivity index (χ1) is 26.2. The second kappa shape index (κ2) is 35.3. The van der Waals surface area contributed by atoms with E-state index >= 15 is 0 Å². The van der Waals surface area contributed by atoms with Crippen LogP contribution < -0.4 is 0 Å². The van der Waals surface area contributed by atoms with Crippen molar-refractivity contribution in [2.75, 3.05) is 13.2 Å². The molecular formula is C48H90O5. The Morgan fingerprint density at radius 2 is 0.679 bits per heavy atom. The van der Waals surface area contributed by atoms with Crippen LogP contribution in [0.5, 0.6) is 0 Å². The van der Waals surface area contributed by atoms with Crippen molar-refractivity contribution >= 4 is 11.9 Å². The Morgan fingerprint density at radius 3 is 1.00 bits per heavy atom. The number of epoxide rings is 1. The quantitative estimate of drug-likeness (QED) is 0.0355. The molecule has 4 unspecified atom stereocenters. The summed E-state index contributed by atoms with van der Waals surface area (Å²) in [5.74, 6) is -1.38. The minimum atomic E-state index is -0.489. The van der Waals surface area contributed by atoms with E-state index in [0.717, 1.165) is 32.1 Å². The van der Waals surface area contributed by atoms with Crippen molar-refractivity contribution < 1.29 is 23.8 Å². The summed E-state index contributed by atoms with van der Waals surface area (Å²) in [4.78, 5) is 26.1. The molecule has 5 heteroatoms. The molecule has 1 saturated carbocycles. The van der Waals surface area contributed by atoms with Crippen LogP contribution >= 0.6 is 0 Å². The largest absolute Gasteiger partial charge is 0.465 e. The van der Waals surface area contributed by atoms with Gasteiger partial charge in [0.1, 0.15) is 0 Å². The summed E-state index contributed by atoms with van der Waals surface area (Å²) >= 11 is 0. The molecule has 0 N–H and O–H groups in total. The smallest absolute Gasteiger partial charge is 0.312 e. The first-order valence-corrected chi connectivity index (χ1v) is 24.2. The van der Waals surface area contributed by atoms with Crippen molar-refractivity contribution in [3.8, 4) is 0 Å². The van der Waals surface area contributed by atoms with Crippen LogP contribution in [-0.2, 0) is 23.8 Å². The Bertz CT molecular complexity index is 829. The molecule has 0 aromatic carbocycles. The van der Waals surface area contributed by atoms with Gasteiger partial charge in [0.25, 0.3) is 0 Å². The molecule has 1 aliphatic carbocycles. The van der Waals surface area contributed by atoms with Gasteiger partial charge in [-0.2, -0.15) is 0 Å². The number of hydrogen-bond donors (Lipinski definition) is 0. The summed E-state index contributed by atoms with van der Waals surface area (Å²) in [5.41, 5.74) is 0. The van der Waals surface area contributed by atoms with Gasteiger partial charge in [0.2, 0.25) is 0 Å². The lowest BCUT2D eigenvalue weighted by atomic mass is 9.79. The third-order valence-corrected chi connectivity index (χ3v) is 12.2. The van der Waals surface area contributed by atoms with E-state index in [-0.39, 0.29) is 24.1 Å². The van der Waals surface area contributed by atoms with Gasteiger partial charge in [-0.3, -0.25) is 9.59 Å². The molecule has 2 fully saturated rings. The lowest BCUT2D eigenvalue weighted by Gasteiger charge is -2.25. The van der Waals surface area contributed by atoms with Crippen molar-refractivity contribution in [1.29, 1.82) is 0 Å².